The Labute approximate surface area is 129 Å². The molecule has 0 saturated carbocycles. The van der Waals surface area contributed by atoms with Gasteiger partial charge in [0, 0.05) is 31.7 Å². The molecule has 6 heteroatoms. The Balaban J connectivity index is 1.65. The van der Waals surface area contributed by atoms with E-state index in [0.717, 1.165) is 30.8 Å². The number of nitrogens with one attached hydrogen (secondary N) is 1. The maximum atomic E-state index is 12.4. The van der Waals surface area contributed by atoms with E-state index in [9.17, 15) is 4.79 Å². The second kappa shape index (κ2) is 6.51. The van der Waals surface area contributed by atoms with Crippen LogP contribution in [0.4, 0.5) is 11.6 Å². The van der Waals surface area contributed by atoms with Crippen LogP contribution in [-0.4, -0.2) is 33.9 Å². The molecule has 0 radical (unpaired) electrons. The average Bonchev–Trinajstić information content (AvgIpc) is 2.56. The number of anilines is 2. The van der Waals surface area contributed by atoms with Crippen LogP contribution in [0.1, 0.15) is 18.4 Å². The maximum absolute atomic E-state index is 12.4. The molecule has 1 aliphatic heterocycles. The zero-order valence-electron chi connectivity index (χ0n) is 12.6. The number of piperidine rings is 1. The Hall–Kier alpha value is -2.50. The summed E-state index contributed by atoms with van der Waals surface area (Å²) in [6, 6.07) is 3.78. The summed E-state index contributed by atoms with van der Waals surface area (Å²) in [5, 5.41) is 2.91. The van der Waals surface area contributed by atoms with Crippen molar-refractivity contribution in [2.24, 2.45) is 5.92 Å². The highest BCUT2D eigenvalue weighted by Gasteiger charge is 2.26. The molecular formula is C16H19N5O. The summed E-state index contributed by atoms with van der Waals surface area (Å²) < 4.78 is 0. The predicted octanol–water partition coefficient (Wildman–Crippen LogP) is 2.04. The van der Waals surface area contributed by atoms with Crippen molar-refractivity contribution in [3.8, 4) is 0 Å². The van der Waals surface area contributed by atoms with Gasteiger partial charge < -0.3 is 10.2 Å². The molecule has 22 heavy (non-hydrogen) atoms. The van der Waals surface area contributed by atoms with E-state index in [2.05, 4.69) is 25.2 Å². The van der Waals surface area contributed by atoms with E-state index >= 15 is 0 Å². The van der Waals surface area contributed by atoms with Gasteiger partial charge in [0.2, 0.25) is 5.91 Å². The fraction of sp³-hybridized carbons (Fsp3) is 0.375. The van der Waals surface area contributed by atoms with Gasteiger partial charge in [0.05, 0.1) is 12.1 Å². The number of carbonyl (C=O) groups is 1. The molecule has 1 aliphatic rings. The van der Waals surface area contributed by atoms with E-state index in [1.54, 1.807) is 24.8 Å². The first-order valence-electron chi connectivity index (χ1n) is 7.47. The molecule has 6 nitrogen and oxygen atoms in total. The smallest absolute Gasteiger partial charge is 0.230 e. The second-order valence-corrected chi connectivity index (χ2v) is 5.56. The lowest BCUT2D eigenvalue weighted by atomic mass is 9.97. The van der Waals surface area contributed by atoms with Crippen molar-refractivity contribution >= 4 is 17.5 Å². The van der Waals surface area contributed by atoms with E-state index in [1.807, 2.05) is 19.1 Å². The van der Waals surface area contributed by atoms with Crippen LogP contribution in [0.3, 0.4) is 0 Å². The van der Waals surface area contributed by atoms with Gasteiger partial charge in [-0.3, -0.25) is 9.78 Å². The van der Waals surface area contributed by atoms with E-state index in [4.69, 9.17) is 0 Å². The maximum Gasteiger partial charge on any atom is 0.230 e. The van der Waals surface area contributed by atoms with Gasteiger partial charge in [0.25, 0.3) is 0 Å². The van der Waals surface area contributed by atoms with Crippen LogP contribution >= 0.6 is 0 Å². The number of nitrogens with zero attached hydrogens (tertiary/aromatic N) is 4. The predicted molar refractivity (Wildman–Crippen MR) is 84.6 cm³/mol. The molecule has 3 rings (SSSR count). The van der Waals surface area contributed by atoms with Gasteiger partial charge in [-0.25, -0.2) is 9.97 Å². The van der Waals surface area contributed by atoms with Crippen LogP contribution in [0.25, 0.3) is 0 Å². The third-order valence-corrected chi connectivity index (χ3v) is 3.83. The van der Waals surface area contributed by atoms with Crippen LogP contribution in [0.15, 0.2) is 36.9 Å². The lowest BCUT2D eigenvalue weighted by Gasteiger charge is -2.32. The van der Waals surface area contributed by atoms with Gasteiger partial charge in [-0.1, -0.05) is 0 Å². The normalized spacial score (nSPS) is 18.0. The highest BCUT2D eigenvalue weighted by Crippen LogP contribution is 2.22. The molecule has 0 spiro atoms. The topological polar surface area (TPSA) is 71.0 Å². The quantitative estimate of drug-likeness (QED) is 0.938. The molecule has 0 aromatic carbocycles. The molecule has 0 bridgehead atoms. The molecule has 2 aromatic heterocycles. The van der Waals surface area contributed by atoms with Crippen LogP contribution in [0, 0.1) is 12.8 Å². The summed E-state index contributed by atoms with van der Waals surface area (Å²) in [5.41, 5.74) is 1.08. The van der Waals surface area contributed by atoms with Crippen molar-refractivity contribution in [3.63, 3.8) is 0 Å². The van der Waals surface area contributed by atoms with E-state index in [-0.39, 0.29) is 11.8 Å². The molecular weight excluding hydrogens is 278 g/mol. The lowest BCUT2D eigenvalue weighted by Crippen LogP contribution is -2.41. The van der Waals surface area contributed by atoms with Crippen molar-refractivity contribution in [2.75, 3.05) is 23.3 Å². The van der Waals surface area contributed by atoms with Crippen LogP contribution < -0.4 is 10.2 Å². The third-order valence-electron chi connectivity index (χ3n) is 3.83. The summed E-state index contributed by atoms with van der Waals surface area (Å²) in [6.07, 6.45) is 8.63. The average molecular weight is 297 g/mol. The standard InChI is InChI=1S/C16H19N5O/c1-12-4-5-18-14(9-12)20-16(22)13-3-2-8-21(11-13)15-10-17-6-7-19-15/h4-7,9-10,13H,2-3,8,11H2,1H3,(H,18,20,22)/t13-/m0/s1. The van der Waals surface area contributed by atoms with E-state index in [0.29, 0.717) is 12.4 Å². The Morgan fingerprint density at radius 2 is 2.23 bits per heavy atom. The molecule has 1 fully saturated rings. The van der Waals surface area contributed by atoms with Crippen molar-refractivity contribution in [3.05, 3.63) is 42.5 Å². The van der Waals surface area contributed by atoms with Gasteiger partial charge in [-0.15, -0.1) is 0 Å². The molecule has 1 amide bonds. The first-order chi connectivity index (χ1) is 10.7. The summed E-state index contributed by atoms with van der Waals surface area (Å²) in [5.74, 6) is 1.40. The first kappa shape index (κ1) is 14.4. The van der Waals surface area contributed by atoms with Crippen molar-refractivity contribution in [2.45, 2.75) is 19.8 Å². The number of hydrogen-bond donors (Lipinski definition) is 1. The minimum atomic E-state index is -0.0573. The van der Waals surface area contributed by atoms with E-state index < -0.39 is 0 Å². The molecule has 114 valence electrons. The molecule has 0 aliphatic carbocycles. The fourth-order valence-electron chi connectivity index (χ4n) is 2.69. The van der Waals surface area contributed by atoms with Crippen molar-refractivity contribution < 1.29 is 4.79 Å². The van der Waals surface area contributed by atoms with Gasteiger partial charge in [0.15, 0.2) is 0 Å². The van der Waals surface area contributed by atoms with Crippen molar-refractivity contribution in [1.29, 1.82) is 0 Å². The summed E-state index contributed by atoms with van der Waals surface area (Å²) in [4.78, 5) is 27.1. The molecule has 2 aromatic rings. The molecule has 1 N–H and O–H groups in total. The van der Waals surface area contributed by atoms with Gasteiger partial charge in [-0.05, 0) is 37.5 Å². The third kappa shape index (κ3) is 3.39. The second-order valence-electron chi connectivity index (χ2n) is 5.56. The summed E-state index contributed by atoms with van der Waals surface area (Å²) in [6.45, 7) is 3.55. The van der Waals surface area contributed by atoms with Crippen LogP contribution in [0.2, 0.25) is 0 Å². The lowest BCUT2D eigenvalue weighted by molar-refractivity contribution is -0.120. The minimum absolute atomic E-state index is 0.0201. The zero-order chi connectivity index (χ0) is 15.4. The minimum Gasteiger partial charge on any atom is -0.355 e. The first-order valence-corrected chi connectivity index (χ1v) is 7.47. The van der Waals surface area contributed by atoms with Crippen LogP contribution in [0.5, 0.6) is 0 Å². The highest BCUT2D eigenvalue weighted by molar-refractivity contribution is 5.92. The Morgan fingerprint density at radius 1 is 1.32 bits per heavy atom. The molecule has 1 atom stereocenters. The largest absolute Gasteiger partial charge is 0.355 e. The van der Waals surface area contributed by atoms with Crippen LogP contribution in [-0.2, 0) is 4.79 Å². The number of pyridine rings is 1. The Bertz CT molecular complexity index is 646. The van der Waals surface area contributed by atoms with Gasteiger partial charge in [0.1, 0.15) is 11.6 Å². The molecule has 3 heterocycles. The van der Waals surface area contributed by atoms with Crippen molar-refractivity contribution in [1.82, 2.24) is 15.0 Å². The number of carbonyl (C=O) groups excluding carboxylic acids is 1. The number of amides is 1. The molecule has 0 unspecified atom stereocenters. The highest BCUT2D eigenvalue weighted by atomic mass is 16.2. The van der Waals surface area contributed by atoms with Gasteiger partial charge in [-0.2, -0.15) is 0 Å². The van der Waals surface area contributed by atoms with Gasteiger partial charge >= 0.3 is 0 Å². The number of rotatable bonds is 3. The number of aryl methyl sites for hydroxylation is 1. The fourth-order valence-corrected chi connectivity index (χ4v) is 2.69. The Kier molecular flexibility index (Phi) is 4.27. The number of hydrogen-bond acceptors (Lipinski definition) is 5. The number of aromatic nitrogens is 3. The SMILES string of the molecule is Cc1ccnc(NC(=O)[C@H]2CCCN(c3cnccn3)C2)c1. The summed E-state index contributed by atoms with van der Waals surface area (Å²) in [7, 11) is 0. The van der Waals surface area contributed by atoms with E-state index in [1.165, 1.54) is 0 Å². The zero-order valence-corrected chi connectivity index (χ0v) is 12.6. The molecule has 1 saturated heterocycles. The Morgan fingerprint density at radius 3 is 3.00 bits per heavy atom. The monoisotopic (exact) mass is 297 g/mol. The summed E-state index contributed by atoms with van der Waals surface area (Å²) >= 11 is 0.